The molecule has 2 rings (SSSR count). The minimum absolute atomic E-state index is 0.0580. The van der Waals surface area contributed by atoms with Crippen LogP contribution >= 0.6 is 11.3 Å². The molecule has 0 aliphatic heterocycles. The Balaban J connectivity index is 2.34. The van der Waals surface area contributed by atoms with E-state index < -0.39 is 0 Å². The second-order valence-electron chi connectivity index (χ2n) is 4.46. The van der Waals surface area contributed by atoms with Crippen LogP contribution in [0.3, 0.4) is 0 Å². The molecule has 0 atom stereocenters. The van der Waals surface area contributed by atoms with Gasteiger partial charge in [0.1, 0.15) is 10.8 Å². The molecule has 0 saturated carbocycles. The summed E-state index contributed by atoms with van der Waals surface area (Å²) in [6, 6.07) is 0. The highest BCUT2D eigenvalue weighted by atomic mass is 32.1. The predicted octanol–water partition coefficient (Wildman–Crippen LogP) is 1.95. The van der Waals surface area contributed by atoms with E-state index in [0.717, 1.165) is 10.7 Å². The van der Waals surface area contributed by atoms with Crippen molar-refractivity contribution in [1.29, 1.82) is 0 Å². The highest BCUT2D eigenvalue weighted by Gasteiger charge is 2.14. The molecule has 0 unspecified atom stereocenters. The number of nitrogens with one attached hydrogen (secondary N) is 1. The lowest BCUT2D eigenvalue weighted by atomic mass is 10.1. The number of aromatic amines is 1. The molecule has 0 saturated heterocycles. The molecule has 0 spiro atoms. The first kappa shape index (κ1) is 12.8. The van der Waals surface area contributed by atoms with E-state index in [9.17, 15) is 9.90 Å². The van der Waals surface area contributed by atoms with Crippen LogP contribution in [-0.2, 0) is 6.42 Å². The van der Waals surface area contributed by atoms with Crippen molar-refractivity contribution in [2.24, 2.45) is 0 Å². The zero-order valence-corrected chi connectivity index (χ0v) is 11.3. The van der Waals surface area contributed by atoms with Gasteiger partial charge in [-0.25, -0.2) is 4.98 Å². The van der Waals surface area contributed by atoms with Gasteiger partial charge in [-0.15, -0.1) is 11.3 Å². The summed E-state index contributed by atoms with van der Waals surface area (Å²) in [6.07, 6.45) is 0.430. The maximum atomic E-state index is 11.8. The van der Waals surface area contributed by atoms with E-state index in [1.54, 1.807) is 0 Å². The third kappa shape index (κ3) is 2.59. The van der Waals surface area contributed by atoms with Crippen LogP contribution in [0, 0.1) is 6.92 Å². The average molecular weight is 265 g/mol. The van der Waals surface area contributed by atoms with Crippen LogP contribution in [0.2, 0.25) is 0 Å². The summed E-state index contributed by atoms with van der Waals surface area (Å²) in [5.41, 5.74) is 0.996. The molecule has 0 aliphatic carbocycles. The molecule has 0 aromatic carbocycles. The average Bonchev–Trinajstić information content (AvgIpc) is 2.62. The Labute approximate surface area is 109 Å². The first-order valence-corrected chi connectivity index (χ1v) is 6.58. The summed E-state index contributed by atoms with van der Waals surface area (Å²) < 4.78 is 0. The topological polar surface area (TPSA) is 78.9 Å². The van der Waals surface area contributed by atoms with Gasteiger partial charge in [0.25, 0.3) is 5.56 Å². The highest BCUT2D eigenvalue weighted by molar-refractivity contribution is 7.09. The zero-order valence-electron chi connectivity index (χ0n) is 10.5. The molecule has 2 N–H and O–H groups in total. The quantitative estimate of drug-likeness (QED) is 0.889. The van der Waals surface area contributed by atoms with Gasteiger partial charge < -0.3 is 10.1 Å². The molecule has 6 heteroatoms. The number of H-pyrrole nitrogens is 1. The number of thiazole rings is 1. The largest absolute Gasteiger partial charge is 0.493 e. The van der Waals surface area contributed by atoms with E-state index in [0.29, 0.717) is 17.8 Å². The van der Waals surface area contributed by atoms with Crippen LogP contribution in [0.15, 0.2) is 10.2 Å². The molecule has 0 aliphatic rings. The van der Waals surface area contributed by atoms with Crippen molar-refractivity contribution in [3.63, 3.8) is 0 Å². The molecule has 0 bridgehead atoms. The van der Waals surface area contributed by atoms with Gasteiger partial charge in [-0.1, -0.05) is 13.8 Å². The number of aryl methyl sites for hydroxylation is 1. The number of nitrogens with zero attached hydrogens (tertiary/aromatic N) is 2. The van der Waals surface area contributed by atoms with Crippen molar-refractivity contribution in [3.8, 4) is 5.88 Å². The summed E-state index contributed by atoms with van der Waals surface area (Å²) in [5.74, 6) is 0.200. The smallest absolute Gasteiger partial charge is 0.258 e. The second-order valence-corrected chi connectivity index (χ2v) is 5.41. The third-order valence-electron chi connectivity index (χ3n) is 2.55. The van der Waals surface area contributed by atoms with E-state index in [1.165, 1.54) is 11.3 Å². The van der Waals surface area contributed by atoms with Gasteiger partial charge in [-0.2, -0.15) is 4.98 Å². The normalized spacial score (nSPS) is 11.1. The summed E-state index contributed by atoms with van der Waals surface area (Å²) in [5, 5.41) is 12.6. The molecule has 2 heterocycles. The van der Waals surface area contributed by atoms with Crippen molar-refractivity contribution in [3.05, 3.63) is 37.8 Å². The van der Waals surface area contributed by atoms with Crippen molar-refractivity contribution < 1.29 is 5.11 Å². The van der Waals surface area contributed by atoms with Crippen LogP contribution in [0.4, 0.5) is 0 Å². The minimum Gasteiger partial charge on any atom is -0.493 e. The van der Waals surface area contributed by atoms with Gasteiger partial charge in [0.2, 0.25) is 5.88 Å². The Morgan fingerprint density at radius 3 is 2.67 bits per heavy atom. The first-order valence-electron chi connectivity index (χ1n) is 5.70. The van der Waals surface area contributed by atoms with Crippen LogP contribution < -0.4 is 5.56 Å². The molecule has 0 amide bonds. The predicted molar refractivity (Wildman–Crippen MR) is 70.3 cm³/mol. The molecule has 18 heavy (non-hydrogen) atoms. The lowest BCUT2D eigenvalue weighted by Gasteiger charge is -2.07. The number of aromatic hydroxyl groups is 1. The van der Waals surface area contributed by atoms with E-state index in [-0.39, 0.29) is 17.4 Å². The van der Waals surface area contributed by atoms with Crippen molar-refractivity contribution in [2.75, 3.05) is 0 Å². The molecular weight excluding hydrogens is 250 g/mol. The highest BCUT2D eigenvalue weighted by Crippen LogP contribution is 2.19. The van der Waals surface area contributed by atoms with Gasteiger partial charge in [0.15, 0.2) is 0 Å². The van der Waals surface area contributed by atoms with E-state index >= 15 is 0 Å². The number of hydrogen-bond donors (Lipinski definition) is 2. The number of rotatable bonds is 3. The van der Waals surface area contributed by atoms with Crippen LogP contribution in [0.1, 0.15) is 41.9 Å². The van der Waals surface area contributed by atoms with E-state index in [4.69, 9.17) is 0 Å². The fourth-order valence-corrected chi connectivity index (χ4v) is 2.52. The summed E-state index contributed by atoms with van der Waals surface area (Å²) in [6.45, 7) is 5.60. The third-order valence-corrected chi connectivity index (χ3v) is 3.51. The van der Waals surface area contributed by atoms with Crippen molar-refractivity contribution >= 4 is 11.3 Å². The fraction of sp³-hybridized carbons (Fsp3) is 0.417. The molecule has 96 valence electrons. The Morgan fingerprint density at radius 2 is 2.17 bits per heavy atom. The van der Waals surface area contributed by atoms with Gasteiger partial charge >= 0.3 is 0 Å². The Bertz CT molecular complexity index is 616. The monoisotopic (exact) mass is 265 g/mol. The van der Waals surface area contributed by atoms with E-state index in [1.807, 2.05) is 26.2 Å². The number of hydrogen-bond acceptors (Lipinski definition) is 5. The molecular formula is C12H15N3O2S. The van der Waals surface area contributed by atoms with Gasteiger partial charge in [-0.3, -0.25) is 4.79 Å². The van der Waals surface area contributed by atoms with Crippen molar-refractivity contribution in [2.45, 2.75) is 33.1 Å². The molecule has 2 aromatic heterocycles. The summed E-state index contributed by atoms with van der Waals surface area (Å²) >= 11 is 1.51. The van der Waals surface area contributed by atoms with Gasteiger partial charge in [0, 0.05) is 11.1 Å². The van der Waals surface area contributed by atoms with Crippen LogP contribution in [-0.4, -0.2) is 20.1 Å². The summed E-state index contributed by atoms with van der Waals surface area (Å²) in [4.78, 5) is 22.8. The second kappa shape index (κ2) is 4.89. The summed E-state index contributed by atoms with van der Waals surface area (Å²) in [7, 11) is 0. The van der Waals surface area contributed by atoms with Crippen LogP contribution in [0.5, 0.6) is 5.88 Å². The standard InChI is InChI=1S/C12H15N3O2S/c1-6(2)10-11(16)14-8(15-12(10)17)4-9-13-7(3)5-18-9/h5-6H,4H2,1-3H3,(H2,14,15,16,17). The Morgan fingerprint density at radius 1 is 1.44 bits per heavy atom. The first-order chi connectivity index (χ1) is 8.47. The Hall–Kier alpha value is -1.69. The maximum Gasteiger partial charge on any atom is 0.258 e. The van der Waals surface area contributed by atoms with Crippen LogP contribution in [0.25, 0.3) is 0 Å². The molecule has 0 radical (unpaired) electrons. The molecule has 0 fully saturated rings. The number of aromatic nitrogens is 3. The fourth-order valence-electron chi connectivity index (χ4n) is 1.75. The van der Waals surface area contributed by atoms with Gasteiger partial charge in [0.05, 0.1) is 12.0 Å². The molecule has 2 aromatic rings. The Kier molecular flexibility index (Phi) is 3.47. The van der Waals surface area contributed by atoms with Gasteiger partial charge in [-0.05, 0) is 12.8 Å². The lowest BCUT2D eigenvalue weighted by Crippen LogP contribution is -2.18. The SMILES string of the molecule is Cc1csc(Cc2nc(O)c(C(C)C)c(=O)[nH]2)n1. The molecule has 5 nitrogen and oxygen atoms in total. The minimum atomic E-state index is -0.277. The lowest BCUT2D eigenvalue weighted by molar-refractivity contribution is 0.436. The zero-order chi connectivity index (χ0) is 13.3. The van der Waals surface area contributed by atoms with E-state index in [2.05, 4.69) is 15.0 Å². The van der Waals surface area contributed by atoms with Crippen molar-refractivity contribution in [1.82, 2.24) is 15.0 Å². The maximum absolute atomic E-state index is 11.8.